The van der Waals surface area contributed by atoms with Crippen LogP contribution in [0.1, 0.15) is 73.6 Å². The molecule has 2 aromatic carbocycles. The van der Waals surface area contributed by atoms with E-state index in [2.05, 4.69) is 63.5 Å². The number of aromatic amines is 1. The Bertz CT molecular complexity index is 1490. The van der Waals surface area contributed by atoms with Gasteiger partial charge in [-0.15, -0.1) is 5.10 Å². The number of nitrogens with one attached hydrogen (secondary N) is 1. The summed E-state index contributed by atoms with van der Waals surface area (Å²) >= 11 is 0. The van der Waals surface area contributed by atoms with Gasteiger partial charge < -0.3 is 14.5 Å². The van der Waals surface area contributed by atoms with Gasteiger partial charge in [0.25, 0.3) is 5.56 Å². The first kappa shape index (κ1) is 24.6. The molecule has 4 aromatic rings. The third kappa shape index (κ3) is 4.90. The normalized spacial score (nSPS) is 16.1. The number of H-pyrrole nitrogens is 1. The van der Waals surface area contributed by atoms with Gasteiger partial charge in [0.15, 0.2) is 17.3 Å². The van der Waals surface area contributed by atoms with Gasteiger partial charge in [0.05, 0.1) is 17.6 Å². The maximum atomic E-state index is 13.3. The highest BCUT2D eigenvalue weighted by Crippen LogP contribution is 2.36. The molecule has 9 nitrogen and oxygen atoms in total. The Hall–Kier alpha value is -3.72. The predicted molar refractivity (Wildman–Crippen MR) is 144 cm³/mol. The van der Waals surface area contributed by atoms with E-state index in [-0.39, 0.29) is 18.4 Å². The number of aryl methyl sites for hydroxylation is 1. The van der Waals surface area contributed by atoms with Crippen molar-refractivity contribution >= 4 is 10.9 Å². The fourth-order valence-corrected chi connectivity index (χ4v) is 5.90. The molecular formula is C29H34N6O3. The molecule has 0 bridgehead atoms. The lowest BCUT2D eigenvalue weighted by molar-refractivity contribution is 0.169. The van der Waals surface area contributed by atoms with Crippen molar-refractivity contribution in [3.05, 3.63) is 75.3 Å². The molecule has 6 rings (SSSR count). The van der Waals surface area contributed by atoms with Crippen LogP contribution in [0.2, 0.25) is 0 Å². The van der Waals surface area contributed by atoms with Crippen molar-refractivity contribution in [1.82, 2.24) is 30.1 Å². The molecule has 3 heterocycles. The first-order chi connectivity index (χ1) is 18.6. The molecule has 1 saturated carbocycles. The standard InChI is InChI=1S/C29H34N6O3/c1-3-25(28-31-32-33-35(28)23-9-4-5-10-23)34(12-11-20-8-6-7-19(2)13-20)17-22-14-21-15-26-27(38-18-37-26)16-24(21)30-29(22)36/h6-8,13-16,23,25H,3-5,9-12,17-18H2,1-2H3,(H,30,36)/t25-/m1/s1. The van der Waals surface area contributed by atoms with Crippen molar-refractivity contribution in [2.24, 2.45) is 0 Å². The Morgan fingerprint density at radius 3 is 2.74 bits per heavy atom. The monoisotopic (exact) mass is 514 g/mol. The maximum absolute atomic E-state index is 13.3. The van der Waals surface area contributed by atoms with E-state index in [1.807, 2.05) is 22.9 Å². The van der Waals surface area contributed by atoms with Crippen LogP contribution in [0, 0.1) is 6.92 Å². The van der Waals surface area contributed by atoms with Crippen molar-refractivity contribution in [2.45, 2.75) is 71.0 Å². The van der Waals surface area contributed by atoms with Crippen molar-refractivity contribution in [3.8, 4) is 11.5 Å². The molecular weight excluding hydrogens is 480 g/mol. The lowest BCUT2D eigenvalue weighted by Gasteiger charge is -2.31. The third-order valence-electron chi connectivity index (χ3n) is 7.87. The van der Waals surface area contributed by atoms with Crippen LogP contribution in [0.3, 0.4) is 0 Å². The van der Waals surface area contributed by atoms with Crippen molar-refractivity contribution in [3.63, 3.8) is 0 Å². The van der Waals surface area contributed by atoms with E-state index in [1.165, 1.54) is 24.0 Å². The van der Waals surface area contributed by atoms with Gasteiger partial charge in [-0.1, -0.05) is 49.6 Å². The number of nitrogens with zero attached hydrogens (tertiary/aromatic N) is 5. The summed E-state index contributed by atoms with van der Waals surface area (Å²) in [4.78, 5) is 18.7. The van der Waals surface area contributed by atoms with Gasteiger partial charge >= 0.3 is 0 Å². The molecule has 0 unspecified atom stereocenters. The van der Waals surface area contributed by atoms with Crippen LogP contribution in [0.15, 0.2) is 47.3 Å². The zero-order valence-corrected chi connectivity index (χ0v) is 22.0. The minimum Gasteiger partial charge on any atom is -0.454 e. The van der Waals surface area contributed by atoms with Gasteiger partial charge in [-0.05, 0) is 60.7 Å². The molecule has 0 saturated heterocycles. The number of tetrazole rings is 1. The summed E-state index contributed by atoms with van der Waals surface area (Å²) in [5.74, 6) is 2.25. The van der Waals surface area contributed by atoms with Crippen LogP contribution < -0.4 is 15.0 Å². The number of fused-ring (bicyclic) bond motifs is 2. The lowest BCUT2D eigenvalue weighted by Crippen LogP contribution is -2.34. The molecule has 1 aliphatic carbocycles. The Balaban J connectivity index is 1.34. The quantitative estimate of drug-likeness (QED) is 0.340. The van der Waals surface area contributed by atoms with Crippen LogP contribution in [0.5, 0.6) is 11.5 Å². The number of ether oxygens (including phenoxy) is 2. The van der Waals surface area contributed by atoms with E-state index < -0.39 is 0 Å². The van der Waals surface area contributed by atoms with Gasteiger partial charge in [0.1, 0.15) is 0 Å². The largest absolute Gasteiger partial charge is 0.454 e. The van der Waals surface area contributed by atoms with E-state index in [0.29, 0.717) is 29.6 Å². The van der Waals surface area contributed by atoms with Crippen LogP contribution in [-0.4, -0.2) is 43.4 Å². The molecule has 2 aliphatic rings. The van der Waals surface area contributed by atoms with Crippen molar-refractivity contribution < 1.29 is 9.47 Å². The molecule has 0 spiro atoms. The number of benzene rings is 2. The van der Waals surface area contributed by atoms with E-state index in [9.17, 15) is 4.79 Å². The highest BCUT2D eigenvalue weighted by Gasteiger charge is 2.29. The van der Waals surface area contributed by atoms with Crippen molar-refractivity contribution in [2.75, 3.05) is 13.3 Å². The van der Waals surface area contributed by atoms with Gasteiger partial charge in [-0.25, -0.2) is 4.68 Å². The topological polar surface area (TPSA) is 98.2 Å². The van der Waals surface area contributed by atoms with Gasteiger partial charge in [-0.2, -0.15) is 0 Å². The SMILES string of the molecule is CC[C@H](c1nnnn1C1CCCC1)N(CCc1cccc(C)c1)Cc1cc2cc3c(cc2[nH]c1=O)OCO3. The summed E-state index contributed by atoms with van der Waals surface area (Å²) < 4.78 is 13.1. The first-order valence-electron chi connectivity index (χ1n) is 13.6. The highest BCUT2D eigenvalue weighted by molar-refractivity contribution is 5.83. The second-order valence-electron chi connectivity index (χ2n) is 10.5. The Morgan fingerprint density at radius 1 is 1.13 bits per heavy atom. The predicted octanol–water partition coefficient (Wildman–Crippen LogP) is 4.86. The molecule has 0 radical (unpaired) electrons. The van der Waals surface area contributed by atoms with Gasteiger partial charge in [-0.3, -0.25) is 9.69 Å². The van der Waals surface area contributed by atoms with Crippen LogP contribution in [0.25, 0.3) is 10.9 Å². The average Bonchev–Trinajstić information content (AvgIpc) is 3.68. The number of hydrogen-bond donors (Lipinski definition) is 1. The average molecular weight is 515 g/mol. The molecule has 2 aromatic heterocycles. The Labute approximate surface area is 221 Å². The highest BCUT2D eigenvalue weighted by atomic mass is 16.7. The van der Waals surface area contributed by atoms with Gasteiger partial charge in [0.2, 0.25) is 6.79 Å². The van der Waals surface area contributed by atoms with Crippen molar-refractivity contribution in [1.29, 1.82) is 0 Å². The smallest absolute Gasteiger partial charge is 0.252 e. The number of rotatable bonds is 9. The molecule has 9 heteroatoms. The zero-order valence-electron chi connectivity index (χ0n) is 22.0. The van der Waals surface area contributed by atoms with E-state index in [1.54, 1.807) is 0 Å². The second kappa shape index (κ2) is 10.6. The lowest BCUT2D eigenvalue weighted by atomic mass is 10.1. The number of aromatic nitrogens is 5. The zero-order chi connectivity index (χ0) is 26.1. The minimum atomic E-state index is -0.0952. The van der Waals surface area contributed by atoms with Crippen LogP contribution in [0.4, 0.5) is 0 Å². The summed E-state index contributed by atoms with van der Waals surface area (Å²) in [6.45, 7) is 5.75. The summed E-state index contributed by atoms with van der Waals surface area (Å²) in [5, 5.41) is 13.9. The Morgan fingerprint density at radius 2 is 1.95 bits per heavy atom. The third-order valence-corrected chi connectivity index (χ3v) is 7.87. The molecule has 1 fully saturated rings. The summed E-state index contributed by atoms with van der Waals surface area (Å²) in [6.07, 6.45) is 6.35. The molecule has 1 aliphatic heterocycles. The summed E-state index contributed by atoms with van der Waals surface area (Å²) in [7, 11) is 0. The number of hydrogen-bond acceptors (Lipinski definition) is 7. The fraction of sp³-hybridized carbons (Fsp3) is 0.448. The maximum Gasteiger partial charge on any atom is 0.252 e. The Kier molecular flexibility index (Phi) is 6.84. The van der Waals surface area contributed by atoms with Crippen LogP contribution >= 0.6 is 0 Å². The minimum absolute atomic E-state index is 0.0118. The molecule has 198 valence electrons. The van der Waals surface area contributed by atoms with E-state index in [4.69, 9.17) is 9.47 Å². The van der Waals surface area contributed by atoms with E-state index >= 15 is 0 Å². The second-order valence-corrected chi connectivity index (χ2v) is 10.5. The molecule has 1 N–H and O–H groups in total. The first-order valence-corrected chi connectivity index (χ1v) is 13.6. The van der Waals surface area contributed by atoms with E-state index in [0.717, 1.165) is 49.0 Å². The number of pyridine rings is 1. The summed E-state index contributed by atoms with van der Waals surface area (Å²) in [5.41, 5.74) is 3.88. The molecule has 0 amide bonds. The molecule has 1 atom stereocenters. The van der Waals surface area contributed by atoms with Crippen LogP contribution in [-0.2, 0) is 13.0 Å². The van der Waals surface area contributed by atoms with Gasteiger partial charge in [0, 0.05) is 30.1 Å². The summed E-state index contributed by atoms with van der Waals surface area (Å²) in [6, 6.07) is 14.7. The fourth-order valence-electron chi connectivity index (χ4n) is 5.90. The molecule has 38 heavy (non-hydrogen) atoms.